The van der Waals surface area contributed by atoms with Crippen LogP contribution < -0.4 is 16.4 Å². The predicted molar refractivity (Wildman–Crippen MR) is 166 cm³/mol. The molecule has 1 aromatic carbocycles. The summed E-state index contributed by atoms with van der Waals surface area (Å²) in [5.41, 5.74) is 9.25. The van der Waals surface area contributed by atoms with Crippen LogP contribution in [0.2, 0.25) is 0 Å². The number of unbranched alkanes of at least 4 members (excludes halogenated alkanes) is 1. The smallest absolute Gasteiger partial charge is 0.319 e. The van der Waals surface area contributed by atoms with Gasteiger partial charge in [0.15, 0.2) is 23.5 Å². The van der Waals surface area contributed by atoms with Crippen molar-refractivity contribution in [1.82, 2.24) is 29.7 Å². The lowest BCUT2D eigenvalue weighted by atomic mass is 9.87. The Bertz CT molecular complexity index is 1400. The lowest BCUT2D eigenvalue weighted by Gasteiger charge is -2.31. The Kier molecular flexibility index (Phi) is 8.94. The molecule has 2 amide bonds. The van der Waals surface area contributed by atoms with Gasteiger partial charge in [0.2, 0.25) is 0 Å². The third-order valence-corrected chi connectivity index (χ3v) is 8.10. The largest absolute Gasteiger partial charge is 0.382 e. The molecule has 234 valence electrons. The molecule has 3 aromatic rings. The lowest BCUT2D eigenvalue weighted by Crippen LogP contribution is -2.43. The predicted octanol–water partition coefficient (Wildman–Crippen LogP) is 4.44. The van der Waals surface area contributed by atoms with Gasteiger partial charge in [-0.15, -0.1) is 0 Å². The summed E-state index contributed by atoms with van der Waals surface area (Å²) >= 11 is 0. The van der Waals surface area contributed by atoms with Crippen LogP contribution in [0.3, 0.4) is 0 Å². The summed E-state index contributed by atoms with van der Waals surface area (Å²) in [6, 6.07) is 8.10. The van der Waals surface area contributed by atoms with Crippen LogP contribution in [-0.4, -0.2) is 80.2 Å². The summed E-state index contributed by atoms with van der Waals surface area (Å²) < 4.78 is 21.1. The van der Waals surface area contributed by atoms with E-state index in [9.17, 15) is 4.79 Å². The van der Waals surface area contributed by atoms with Crippen LogP contribution in [0.25, 0.3) is 11.2 Å². The highest BCUT2D eigenvalue weighted by Crippen LogP contribution is 2.44. The summed E-state index contributed by atoms with van der Waals surface area (Å²) in [4.78, 5) is 27.7. The standard InChI is InChI=1S/C31H46N8O4/c1-19(2)38(15-9-8-14-33-29(40)37-21-12-10-20(11-13-21)30(3,4)5)16-22-24-25(43-31(6,7)42-24)28(41-22)39-18-36-23-26(32)34-17-35-27(23)39/h10-13,17-19,22,24-25,28H,8-9,14-16H2,1-7H3,(H2,32,34,35)(H2,33,37,40)/t22-,24-,25-,28-/m1/s1. The number of nitrogen functional groups attached to an aromatic ring is 1. The minimum absolute atomic E-state index is 0.0752. The number of fused-ring (bicyclic) bond motifs is 2. The van der Waals surface area contributed by atoms with Crippen LogP contribution in [0.4, 0.5) is 16.3 Å². The summed E-state index contributed by atoms with van der Waals surface area (Å²) in [5.74, 6) is -0.407. The van der Waals surface area contributed by atoms with Crippen molar-refractivity contribution in [3.63, 3.8) is 0 Å². The molecule has 0 radical (unpaired) electrons. The van der Waals surface area contributed by atoms with E-state index in [1.165, 1.54) is 11.9 Å². The molecule has 2 aliphatic heterocycles. The number of ether oxygens (including phenoxy) is 3. The van der Waals surface area contributed by atoms with Gasteiger partial charge in [-0.2, -0.15) is 0 Å². The molecule has 0 unspecified atom stereocenters. The molecule has 4 atom stereocenters. The fourth-order valence-electron chi connectivity index (χ4n) is 5.75. The number of nitrogens with one attached hydrogen (secondary N) is 2. The number of nitrogens with two attached hydrogens (primary N) is 1. The average molecular weight is 595 g/mol. The molecule has 0 aliphatic carbocycles. The minimum Gasteiger partial charge on any atom is -0.382 e. The molecule has 2 aromatic heterocycles. The number of urea groups is 1. The van der Waals surface area contributed by atoms with E-state index in [-0.39, 0.29) is 29.8 Å². The molecule has 43 heavy (non-hydrogen) atoms. The van der Waals surface area contributed by atoms with Crippen molar-refractivity contribution in [3.05, 3.63) is 42.5 Å². The van der Waals surface area contributed by atoms with Crippen LogP contribution in [0, 0.1) is 0 Å². The number of nitrogens with zero attached hydrogens (tertiary/aromatic N) is 5. The minimum atomic E-state index is -0.733. The number of hydrogen-bond acceptors (Lipinski definition) is 9. The first-order valence-electron chi connectivity index (χ1n) is 15.2. The van der Waals surface area contributed by atoms with E-state index in [1.54, 1.807) is 6.33 Å². The number of carbonyl (C=O) groups excluding carboxylic acids is 1. The summed E-state index contributed by atoms with van der Waals surface area (Å²) in [7, 11) is 0. The van der Waals surface area contributed by atoms with Crippen molar-refractivity contribution in [2.75, 3.05) is 30.7 Å². The van der Waals surface area contributed by atoms with Crippen molar-refractivity contribution >= 4 is 28.7 Å². The normalized spacial score (nSPS) is 23.3. The monoisotopic (exact) mass is 594 g/mol. The van der Waals surface area contributed by atoms with Gasteiger partial charge in [-0.3, -0.25) is 9.47 Å². The maximum Gasteiger partial charge on any atom is 0.319 e. The van der Waals surface area contributed by atoms with Crippen LogP contribution in [0.1, 0.15) is 73.1 Å². The summed E-state index contributed by atoms with van der Waals surface area (Å²) in [5, 5.41) is 5.89. The van der Waals surface area contributed by atoms with E-state index < -0.39 is 12.0 Å². The van der Waals surface area contributed by atoms with Crippen molar-refractivity contribution in [1.29, 1.82) is 0 Å². The third kappa shape index (κ3) is 7.09. The van der Waals surface area contributed by atoms with Gasteiger partial charge in [0.25, 0.3) is 0 Å². The number of carbonyl (C=O) groups is 1. The quantitative estimate of drug-likeness (QED) is 0.291. The first-order chi connectivity index (χ1) is 20.3. The van der Waals surface area contributed by atoms with Crippen LogP contribution in [0.15, 0.2) is 36.9 Å². The van der Waals surface area contributed by atoms with Crippen molar-refractivity contribution in [2.24, 2.45) is 0 Å². The highest BCUT2D eigenvalue weighted by atomic mass is 16.8. The zero-order valence-corrected chi connectivity index (χ0v) is 26.3. The van der Waals surface area contributed by atoms with E-state index in [4.69, 9.17) is 19.9 Å². The van der Waals surface area contributed by atoms with Crippen molar-refractivity contribution in [3.8, 4) is 0 Å². The van der Waals surface area contributed by atoms with E-state index in [1.807, 2.05) is 30.5 Å². The second-order valence-electron chi connectivity index (χ2n) is 13.2. The molecule has 0 spiro atoms. The SMILES string of the molecule is CC(C)N(CCCCNC(=O)Nc1ccc(C(C)(C)C)cc1)C[C@H]1O[C@@H](n2cnc3c(N)ncnc32)[C@@H]2OC(C)(C)O[C@@H]21. The van der Waals surface area contributed by atoms with E-state index in [0.29, 0.717) is 36.1 Å². The topological polar surface area (TPSA) is 142 Å². The van der Waals surface area contributed by atoms with Crippen LogP contribution >= 0.6 is 0 Å². The molecule has 4 N–H and O–H groups in total. The summed E-state index contributed by atoms with van der Waals surface area (Å²) in [6.07, 6.45) is 3.64. The molecule has 5 rings (SSSR count). The van der Waals surface area contributed by atoms with Gasteiger partial charge in [-0.05, 0) is 70.2 Å². The highest BCUT2D eigenvalue weighted by molar-refractivity contribution is 5.89. The highest BCUT2D eigenvalue weighted by Gasteiger charge is 2.56. The van der Waals surface area contributed by atoms with Crippen molar-refractivity contribution in [2.45, 2.75) is 103 Å². The molecular weight excluding hydrogens is 548 g/mol. The van der Waals surface area contributed by atoms with Gasteiger partial charge in [-0.25, -0.2) is 19.7 Å². The number of amides is 2. The second-order valence-corrected chi connectivity index (χ2v) is 13.2. The lowest BCUT2D eigenvalue weighted by molar-refractivity contribution is -0.198. The number of aromatic nitrogens is 4. The Labute approximate surface area is 253 Å². The zero-order chi connectivity index (χ0) is 30.9. The summed E-state index contributed by atoms with van der Waals surface area (Å²) in [6.45, 7) is 16.9. The first kappa shape index (κ1) is 31.1. The molecule has 2 fully saturated rings. The fourth-order valence-corrected chi connectivity index (χ4v) is 5.75. The Morgan fingerprint density at radius 2 is 1.81 bits per heavy atom. The molecule has 12 nitrogen and oxygen atoms in total. The fraction of sp³-hybridized carbons (Fsp3) is 0.613. The number of anilines is 2. The van der Waals surface area contributed by atoms with Gasteiger partial charge in [0, 0.05) is 24.8 Å². The van der Waals surface area contributed by atoms with Gasteiger partial charge >= 0.3 is 6.03 Å². The molecule has 12 heteroatoms. The van der Waals surface area contributed by atoms with E-state index in [2.05, 4.69) is 77.2 Å². The van der Waals surface area contributed by atoms with Gasteiger partial charge in [-0.1, -0.05) is 32.9 Å². The maximum absolute atomic E-state index is 12.4. The molecule has 4 heterocycles. The molecule has 0 bridgehead atoms. The van der Waals surface area contributed by atoms with Gasteiger partial charge in [0.05, 0.1) is 6.33 Å². The van der Waals surface area contributed by atoms with Crippen LogP contribution in [-0.2, 0) is 19.6 Å². The number of hydrogen-bond donors (Lipinski definition) is 3. The van der Waals surface area contributed by atoms with Crippen molar-refractivity contribution < 1.29 is 19.0 Å². The zero-order valence-electron chi connectivity index (χ0n) is 26.3. The molecule has 2 saturated heterocycles. The van der Waals surface area contributed by atoms with Crippen LogP contribution in [0.5, 0.6) is 0 Å². The van der Waals surface area contributed by atoms with E-state index in [0.717, 1.165) is 25.1 Å². The van der Waals surface area contributed by atoms with E-state index >= 15 is 0 Å². The Morgan fingerprint density at radius 3 is 2.51 bits per heavy atom. The number of benzene rings is 1. The molecule has 0 saturated carbocycles. The molecule has 2 aliphatic rings. The third-order valence-electron chi connectivity index (χ3n) is 8.10. The average Bonchev–Trinajstić information content (AvgIpc) is 3.59. The maximum atomic E-state index is 12.4. The number of imidazole rings is 1. The Hall–Kier alpha value is -3.32. The second kappa shape index (κ2) is 12.4. The Morgan fingerprint density at radius 1 is 1.09 bits per heavy atom. The Balaban J connectivity index is 1.14. The molecular formula is C31H46N8O4. The number of rotatable bonds is 10. The first-order valence-corrected chi connectivity index (χ1v) is 15.2. The van der Waals surface area contributed by atoms with Gasteiger partial charge < -0.3 is 30.6 Å². The van der Waals surface area contributed by atoms with Gasteiger partial charge in [0.1, 0.15) is 30.2 Å².